The van der Waals surface area contributed by atoms with Gasteiger partial charge in [0, 0.05) is 11.6 Å². The van der Waals surface area contributed by atoms with Crippen LogP contribution >= 0.6 is 0 Å². The van der Waals surface area contributed by atoms with Crippen molar-refractivity contribution in [2.75, 3.05) is 13.2 Å². The summed E-state index contributed by atoms with van der Waals surface area (Å²) in [6, 6.07) is 8.84. The average Bonchev–Trinajstić information content (AvgIpc) is 3.18. The Hall–Kier alpha value is -1.02. The third kappa shape index (κ3) is 3.47. The molecule has 1 aromatic rings. The lowest BCUT2D eigenvalue weighted by Gasteiger charge is -2.20. The van der Waals surface area contributed by atoms with Crippen molar-refractivity contribution in [1.82, 2.24) is 5.32 Å². The van der Waals surface area contributed by atoms with E-state index in [1.807, 2.05) is 0 Å². The van der Waals surface area contributed by atoms with E-state index in [0.717, 1.165) is 31.2 Å². The van der Waals surface area contributed by atoms with Gasteiger partial charge in [0.1, 0.15) is 5.75 Å². The quantitative estimate of drug-likeness (QED) is 0.778. The molecule has 1 N–H and O–H groups in total. The van der Waals surface area contributed by atoms with Crippen LogP contribution in [-0.4, -0.2) is 13.2 Å². The van der Waals surface area contributed by atoms with Gasteiger partial charge in [0.15, 0.2) is 0 Å². The van der Waals surface area contributed by atoms with Crippen molar-refractivity contribution in [3.63, 3.8) is 0 Å². The van der Waals surface area contributed by atoms with Crippen LogP contribution in [0.4, 0.5) is 0 Å². The molecule has 2 nitrogen and oxygen atoms in total. The van der Waals surface area contributed by atoms with Crippen LogP contribution in [0, 0.1) is 5.92 Å². The van der Waals surface area contributed by atoms with Crippen LogP contribution in [0.15, 0.2) is 24.3 Å². The monoisotopic (exact) mass is 233 g/mol. The van der Waals surface area contributed by atoms with Gasteiger partial charge in [0.25, 0.3) is 0 Å². The summed E-state index contributed by atoms with van der Waals surface area (Å²) in [7, 11) is 0. The average molecular weight is 233 g/mol. The summed E-state index contributed by atoms with van der Waals surface area (Å²) in [4.78, 5) is 0. The van der Waals surface area contributed by atoms with E-state index in [1.54, 1.807) is 0 Å². The van der Waals surface area contributed by atoms with Crippen LogP contribution in [0.3, 0.4) is 0 Å². The molecule has 2 heteroatoms. The molecular formula is C15H23NO. The minimum atomic E-state index is 0.412. The Labute approximate surface area is 104 Å². The number of benzene rings is 1. The maximum Gasteiger partial charge on any atom is 0.124 e. The Morgan fingerprint density at radius 1 is 1.29 bits per heavy atom. The molecule has 1 aromatic carbocycles. The van der Waals surface area contributed by atoms with Crippen LogP contribution in [0.1, 0.15) is 44.7 Å². The summed E-state index contributed by atoms with van der Waals surface area (Å²) in [5, 5.41) is 3.51. The smallest absolute Gasteiger partial charge is 0.124 e. The van der Waals surface area contributed by atoms with Crippen LogP contribution < -0.4 is 10.1 Å². The van der Waals surface area contributed by atoms with Crippen LogP contribution in [0.25, 0.3) is 0 Å². The summed E-state index contributed by atoms with van der Waals surface area (Å²) in [5.74, 6) is 1.87. The number of nitrogens with one attached hydrogen (secondary N) is 1. The Balaban J connectivity index is 2.06. The van der Waals surface area contributed by atoms with Crippen molar-refractivity contribution in [1.29, 1.82) is 0 Å². The molecule has 0 radical (unpaired) electrons. The Bertz CT molecular complexity index is 347. The van der Waals surface area contributed by atoms with Crippen LogP contribution in [0.2, 0.25) is 0 Å². The van der Waals surface area contributed by atoms with E-state index in [0.29, 0.717) is 6.04 Å². The highest BCUT2D eigenvalue weighted by Crippen LogP contribution is 2.32. The molecule has 0 aromatic heterocycles. The summed E-state index contributed by atoms with van der Waals surface area (Å²) in [6.07, 6.45) is 3.77. The number of ether oxygens (including phenoxy) is 1. The molecule has 17 heavy (non-hydrogen) atoms. The van der Waals surface area contributed by atoms with E-state index in [2.05, 4.69) is 43.4 Å². The zero-order valence-corrected chi connectivity index (χ0v) is 10.9. The van der Waals surface area contributed by atoms with Crippen molar-refractivity contribution in [2.45, 2.75) is 39.2 Å². The van der Waals surface area contributed by atoms with Gasteiger partial charge in [-0.15, -0.1) is 0 Å². The second-order valence-electron chi connectivity index (χ2n) is 4.81. The predicted octanol–water partition coefficient (Wildman–Crippen LogP) is 3.54. The second kappa shape index (κ2) is 6.06. The Morgan fingerprint density at radius 2 is 2.06 bits per heavy atom. The van der Waals surface area contributed by atoms with Gasteiger partial charge in [-0.05, 0) is 37.8 Å². The van der Waals surface area contributed by atoms with Gasteiger partial charge >= 0.3 is 0 Å². The Morgan fingerprint density at radius 3 is 2.71 bits per heavy atom. The normalized spacial score (nSPS) is 16.8. The number of hydrogen-bond donors (Lipinski definition) is 1. The molecule has 1 fully saturated rings. The molecule has 0 aliphatic heterocycles. The lowest BCUT2D eigenvalue weighted by molar-refractivity contribution is 0.293. The summed E-state index contributed by atoms with van der Waals surface area (Å²) >= 11 is 0. The number of para-hydroxylation sites is 1. The molecule has 1 saturated carbocycles. The minimum absolute atomic E-state index is 0.412. The van der Waals surface area contributed by atoms with Crippen LogP contribution in [-0.2, 0) is 0 Å². The minimum Gasteiger partial charge on any atom is -0.493 e. The van der Waals surface area contributed by atoms with Gasteiger partial charge in [0.2, 0.25) is 0 Å². The van der Waals surface area contributed by atoms with Crippen LogP contribution in [0.5, 0.6) is 5.75 Å². The molecule has 0 bridgehead atoms. The molecule has 0 heterocycles. The highest BCUT2D eigenvalue weighted by molar-refractivity contribution is 5.36. The fraction of sp³-hybridized carbons (Fsp3) is 0.600. The largest absolute Gasteiger partial charge is 0.493 e. The maximum atomic E-state index is 5.95. The lowest BCUT2D eigenvalue weighted by Crippen LogP contribution is -2.21. The van der Waals surface area contributed by atoms with Gasteiger partial charge in [-0.2, -0.15) is 0 Å². The Kier molecular flexibility index (Phi) is 4.43. The van der Waals surface area contributed by atoms with Crippen molar-refractivity contribution < 1.29 is 4.74 Å². The van der Waals surface area contributed by atoms with Gasteiger partial charge in [-0.1, -0.05) is 32.0 Å². The van der Waals surface area contributed by atoms with Gasteiger partial charge < -0.3 is 10.1 Å². The highest BCUT2D eigenvalue weighted by Gasteiger charge is 2.23. The van der Waals surface area contributed by atoms with Gasteiger partial charge in [-0.25, -0.2) is 0 Å². The number of rotatable bonds is 7. The molecule has 1 atom stereocenters. The standard InChI is InChI=1S/C15H23NO/c1-3-14(16-4-2)13-7-5-6-8-15(13)17-11-12-9-10-12/h5-8,12,14,16H,3-4,9-11H2,1-2H3. The molecule has 2 rings (SSSR count). The second-order valence-corrected chi connectivity index (χ2v) is 4.81. The summed E-state index contributed by atoms with van der Waals surface area (Å²) < 4.78 is 5.95. The molecule has 0 saturated heterocycles. The van der Waals surface area contributed by atoms with E-state index >= 15 is 0 Å². The summed E-state index contributed by atoms with van der Waals surface area (Å²) in [6.45, 7) is 6.25. The third-order valence-corrected chi connectivity index (χ3v) is 3.32. The lowest BCUT2D eigenvalue weighted by atomic mass is 10.0. The number of hydrogen-bond acceptors (Lipinski definition) is 2. The topological polar surface area (TPSA) is 21.3 Å². The van der Waals surface area contributed by atoms with Gasteiger partial charge in [0.05, 0.1) is 6.61 Å². The van der Waals surface area contributed by atoms with E-state index in [4.69, 9.17) is 4.74 Å². The van der Waals surface area contributed by atoms with E-state index in [-0.39, 0.29) is 0 Å². The molecule has 94 valence electrons. The van der Waals surface area contributed by atoms with Crippen molar-refractivity contribution in [2.24, 2.45) is 5.92 Å². The zero-order valence-electron chi connectivity index (χ0n) is 10.9. The summed E-state index contributed by atoms with van der Waals surface area (Å²) in [5.41, 5.74) is 1.30. The highest BCUT2D eigenvalue weighted by atomic mass is 16.5. The fourth-order valence-corrected chi connectivity index (χ4v) is 2.11. The predicted molar refractivity (Wildman–Crippen MR) is 71.4 cm³/mol. The van der Waals surface area contributed by atoms with Crippen molar-refractivity contribution in [3.05, 3.63) is 29.8 Å². The first-order chi connectivity index (χ1) is 8.35. The first-order valence-corrected chi connectivity index (χ1v) is 6.80. The van der Waals surface area contributed by atoms with Crippen molar-refractivity contribution in [3.8, 4) is 5.75 Å². The fourth-order valence-electron chi connectivity index (χ4n) is 2.11. The first-order valence-electron chi connectivity index (χ1n) is 6.80. The molecule has 1 unspecified atom stereocenters. The zero-order chi connectivity index (χ0) is 12.1. The molecule has 1 aliphatic rings. The molecule has 0 spiro atoms. The van der Waals surface area contributed by atoms with E-state index in [9.17, 15) is 0 Å². The first kappa shape index (κ1) is 12.4. The molecule has 1 aliphatic carbocycles. The molecular weight excluding hydrogens is 210 g/mol. The SMILES string of the molecule is CCNC(CC)c1ccccc1OCC1CC1. The van der Waals surface area contributed by atoms with Crippen molar-refractivity contribution >= 4 is 0 Å². The van der Waals surface area contributed by atoms with Gasteiger partial charge in [-0.3, -0.25) is 0 Å². The third-order valence-electron chi connectivity index (χ3n) is 3.32. The maximum absolute atomic E-state index is 5.95. The van der Waals surface area contributed by atoms with E-state index in [1.165, 1.54) is 18.4 Å². The van der Waals surface area contributed by atoms with E-state index < -0.39 is 0 Å². The molecule has 0 amide bonds.